The minimum Gasteiger partial charge on any atom is -0.467 e. The van der Waals surface area contributed by atoms with Gasteiger partial charge in [0.1, 0.15) is 5.76 Å². The van der Waals surface area contributed by atoms with Crippen LogP contribution in [-0.4, -0.2) is 46.9 Å². The molecule has 0 N–H and O–H groups in total. The lowest BCUT2D eigenvalue weighted by molar-refractivity contribution is 0.0714. The molecule has 1 amide bonds. The maximum Gasteiger partial charge on any atom is 0.254 e. The zero-order chi connectivity index (χ0) is 21.2. The number of morpholine rings is 1. The molecule has 0 saturated carbocycles. The van der Waals surface area contributed by atoms with E-state index in [9.17, 15) is 4.79 Å². The molecule has 0 unspecified atom stereocenters. The van der Waals surface area contributed by atoms with E-state index >= 15 is 0 Å². The number of rotatable bonds is 6. The van der Waals surface area contributed by atoms with Crippen LogP contribution >= 0.6 is 0 Å². The van der Waals surface area contributed by atoms with Gasteiger partial charge in [0.15, 0.2) is 0 Å². The van der Waals surface area contributed by atoms with Crippen LogP contribution in [0.15, 0.2) is 47.1 Å². The van der Waals surface area contributed by atoms with Crippen LogP contribution in [0.5, 0.6) is 0 Å². The Labute approximate surface area is 182 Å². The zero-order valence-electron chi connectivity index (χ0n) is 17.9. The van der Waals surface area contributed by atoms with Crippen LogP contribution in [0.4, 0.5) is 5.69 Å². The fourth-order valence-electron chi connectivity index (χ4n) is 4.61. The maximum absolute atomic E-state index is 13.5. The highest BCUT2D eigenvalue weighted by Crippen LogP contribution is 2.27. The van der Waals surface area contributed by atoms with Gasteiger partial charge in [-0.1, -0.05) is 0 Å². The van der Waals surface area contributed by atoms with E-state index in [-0.39, 0.29) is 5.91 Å². The van der Waals surface area contributed by atoms with Crippen molar-refractivity contribution in [2.45, 2.75) is 32.4 Å². The zero-order valence-corrected chi connectivity index (χ0v) is 17.9. The first-order chi connectivity index (χ1) is 15.2. The van der Waals surface area contributed by atoms with Gasteiger partial charge in [-0.3, -0.25) is 9.48 Å². The number of ether oxygens (including phenoxy) is 1. The molecule has 1 fully saturated rings. The number of fused-ring (bicyclic) bond motifs is 1. The van der Waals surface area contributed by atoms with E-state index in [1.807, 2.05) is 53.0 Å². The summed E-state index contributed by atoms with van der Waals surface area (Å²) in [6.45, 7) is 4.14. The lowest BCUT2D eigenvalue weighted by atomic mass is 10.1. The van der Waals surface area contributed by atoms with Crippen LogP contribution in [0.25, 0.3) is 0 Å². The molecule has 3 heterocycles. The highest BCUT2D eigenvalue weighted by atomic mass is 16.5. The van der Waals surface area contributed by atoms with Crippen molar-refractivity contribution >= 4 is 11.6 Å². The fraction of sp³-hybridized carbons (Fsp3) is 0.417. The summed E-state index contributed by atoms with van der Waals surface area (Å²) in [5.74, 6) is 0.758. The fourth-order valence-corrected chi connectivity index (χ4v) is 4.61. The first kappa shape index (κ1) is 19.9. The molecule has 7 heteroatoms. The van der Waals surface area contributed by atoms with Crippen LogP contribution in [0.1, 0.15) is 39.5 Å². The standard InChI is InChI=1S/C24H28N4O3/c1-26-23-6-2-5-21(23)22(25-26)17-28(16-20-4-3-13-31-20)24(29)18-7-9-19(10-8-18)27-11-14-30-15-12-27/h3-4,7-10,13H,2,5-6,11-12,14-17H2,1H3. The summed E-state index contributed by atoms with van der Waals surface area (Å²) < 4.78 is 13.0. The van der Waals surface area contributed by atoms with Gasteiger partial charge < -0.3 is 19.0 Å². The van der Waals surface area contributed by atoms with Crippen molar-refractivity contribution in [3.05, 3.63) is 70.9 Å². The Kier molecular flexibility index (Phi) is 5.51. The smallest absolute Gasteiger partial charge is 0.254 e. The van der Waals surface area contributed by atoms with Gasteiger partial charge >= 0.3 is 0 Å². The summed E-state index contributed by atoms with van der Waals surface area (Å²) >= 11 is 0. The Morgan fingerprint density at radius 3 is 2.65 bits per heavy atom. The number of hydrogen-bond donors (Lipinski definition) is 0. The third kappa shape index (κ3) is 4.10. The molecule has 3 aromatic rings. The number of nitrogens with zero attached hydrogens (tertiary/aromatic N) is 4. The van der Waals surface area contributed by atoms with Gasteiger partial charge in [0.05, 0.1) is 38.3 Å². The summed E-state index contributed by atoms with van der Waals surface area (Å²) in [6, 6.07) is 11.7. The summed E-state index contributed by atoms with van der Waals surface area (Å²) in [5, 5.41) is 4.73. The first-order valence-corrected chi connectivity index (χ1v) is 11.0. The predicted molar refractivity (Wildman–Crippen MR) is 117 cm³/mol. The van der Waals surface area contributed by atoms with Gasteiger partial charge in [0.2, 0.25) is 0 Å². The second-order valence-corrected chi connectivity index (χ2v) is 8.24. The van der Waals surface area contributed by atoms with Gasteiger partial charge in [0, 0.05) is 37.1 Å². The molecule has 1 aliphatic heterocycles. The number of carbonyl (C=O) groups is 1. The van der Waals surface area contributed by atoms with Crippen molar-refractivity contribution in [3.8, 4) is 0 Å². The summed E-state index contributed by atoms with van der Waals surface area (Å²) in [4.78, 5) is 17.6. The molecule has 5 rings (SSSR count). The minimum atomic E-state index is -0.0117. The number of aryl methyl sites for hydroxylation is 1. The molecular formula is C24H28N4O3. The Bertz CT molecular complexity index is 1030. The molecule has 162 valence electrons. The van der Waals surface area contributed by atoms with E-state index < -0.39 is 0 Å². The van der Waals surface area contributed by atoms with Gasteiger partial charge in [-0.05, 0) is 61.2 Å². The predicted octanol–water partition coefficient (Wildman–Crippen LogP) is 3.18. The second-order valence-electron chi connectivity index (χ2n) is 8.24. The molecule has 0 radical (unpaired) electrons. The van der Waals surface area contributed by atoms with Gasteiger partial charge in [-0.15, -0.1) is 0 Å². The van der Waals surface area contributed by atoms with E-state index in [2.05, 4.69) is 4.90 Å². The van der Waals surface area contributed by atoms with Gasteiger partial charge in [0.25, 0.3) is 5.91 Å². The van der Waals surface area contributed by atoms with Crippen LogP contribution < -0.4 is 4.90 Å². The molecule has 31 heavy (non-hydrogen) atoms. The van der Waals surface area contributed by atoms with Crippen molar-refractivity contribution in [1.29, 1.82) is 0 Å². The number of benzene rings is 1. The van der Waals surface area contributed by atoms with E-state index in [0.717, 1.165) is 62.7 Å². The van der Waals surface area contributed by atoms with Crippen LogP contribution in [0, 0.1) is 0 Å². The number of hydrogen-bond acceptors (Lipinski definition) is 5. The molecule has 2 aliphatic rings. The largest absolute Gasteiger partial charge is 0.467 e. The Balaban J connectivity index is 1.38. The quantitative estimate of drug-likeness (QED) is 0.613. The Morgan fingerprint density at radius 2 is 1.90 bits per heavy atom. The third-order valence-corrected chi connectivity index (χ3v) is 6.24. The lowest BCUT2D eigenvalue weighted by Gasteiger charge is -2.29. The molecule has 7 nitrogen and oxygen atoms in total. The van der Waals surface area contributed by atoms with Crippen molar-refractivity contribution in [1.82, 2.24) is 14.7 Å². The highest BCUT2D eigenvalue weighted by Gasteiger charge is 2.25. The van der Waals surface area contributed by atoms with Crippen LogP contribution in [-0.2, 0) is 37.7 Å². The van der Waals surface area contributed by atoms with Crippen LogP contribution in [0.2, 0.25) is 0 Å². The molecule has 1 aliphatic carbocycles. The molecule has 0 atom stereocenters. The average molecular weight is 421 g/mol. The van der Waals surface area contributed by atoms with Crippen LogP contribution in [0.3, 0.4) is 0 Å². The number of aromatic nitrogens is 2. The van der Waals surface area contributed by atoms with E-state index in [4.69, 9.17) is 14.3 Å². The molecule has 2 aromatic heterocycles. The number of anilines is 1. The van der Waals surface area contributed by atoms with E-state index in [1.54, 1.807) is 6.26 Å². The summed E-state index contributed by atoms with van der Waals surface area (Å²) in [7, 11) is 2.00. The van der Waals surface area contributed by atoms with E-state index in [0.29, 0.717) is 18.7 Å². The van der Waals surface area contributed by atoms with Crippen molar-refractivity contribution in [2.24, 2.45) is 7.05 Å². The van der Waals surface area contributed by atoms with E-state index in [1.165, 1.54) is 11.3 Å². The molecule has 1 saturated heterocycles. The molecule has 0 spiro atoms. The van der Waals surface area contributed by atoms with Crippen molar-refractivity contribution in [3.63, 3.8) is 0 Å². The maximum atomic E-state index is 13.5. The minimum absolute atomic E-state index is 0.0117. The number of carbonyl (C=O) groups excluding carboxylic acids is 1. The summed E-state index contributed by atoms with van der Waals surface area (Å²) in [5.41, 5.74) is 5.41. The molecule has 1 aromatic carbocycles. The average Bonchev–Trinajstić information content (AvgIpc) is 3.55. The SMILES string of the molecule is Cn1nc(CN(Cc2ccco2)C(=O)c2ccc(N3CCOCC3)cc2)c2c1CCC2. The monoisotopic (exact) mass is 420 g/mol. The normalized spacial score (nSPS) is 15.8. The van der Waals surface area contributed by atoms with Gasteiger partial charge in [-0.25, -0.2) is 0 Å². The molecular weight excluding hydrogens is 392 g/mol. The van der Waals surface area contributed by atoms with Gasteiger partial charge in [-0.2, -0.15) is 5.10 Å². The highest BCUT2D eigenvalue weighted by molar-refractivity contribution is 5.94. The number of amides is 1. The number of furan rings is 1. The Morgan fingerprint density at radius 1 is 1.10 bits per heavy atom. The third-order valence-electron chi connectivity index (χ3n) is 6.24. The van der Waals surface area contributed by atoms with Crippen molar-refractivity contribution < 1.29 is 13.9 Å². The molecule has 0 bridgehead atoms. The second kappa shape index (κ2) is 8.59. The first-order valence-electron chi connectivity index (χ1n) is 11.0. The lowest BCUT2D eigenvalue weighted by Crippen LogP contribution is -2.36. The summed E-state index contributed by atoms with van der Waals surface area (Å²) in [6.07, 6.45) is 4.90. The topological polar surface area (TPSA) is 63.7 Å². The Hall–Kier alpha value is -3.06. The van der Waals surface area contributed by atoms with Crippen molar-refractivity contribution in [2.75, 3.05) is 31.2 Å².